The Balaban J connectivity index is 1.88. The van der Waals surface area contributed by atoms with Crippen LogP contribution in [0.4, 0.5) is 0 Å². The molecule has 1 nitrogen and oxygen atoms in total. The lowest BCUT2D eigenvalue weighted by Gasteiger charge is -2.15. The fourth-order valence-electron chi connectivity index (χ4n) is 2.36. The third kappa shape index (κ3) is 4.22. The maximum absolute atomic E-state index is 3.60. The van der Waals surface area contributed by atoms with Gasteiger partial charge in [0.05, 0.1) is 0 Å². The van der Waals surface area contributed by atoms with Crippen molar-refractivity contribution >= 4 is 0 Å². The highest BCUT2D eigenvalue weighted by Crippen LogP contribution is 2.10. The molecule has 0 aliphatic rings. The van der Waals surface area contributed by atoms with Gasteiger partial charge in [0.15, 0.2) is 0 Å². The van der Waals surface area contributed by atoms with Crippen molar-refractivity contribution in [2.24, 2.45) is 0 Å². The molecule has 0 saturated heterocycles. The number of nitrogens with one attached hydrogen (secondary N) is 1. The quantitative estimate of drug-likeness (QED) is 0.848. The van der Waals surface area contributed by atoms with Crippen LogP contribution >= 0.6 is 0 Å². The summed E-state index contributed by atoms with van der Waals surface area (Å²) in [6, 6.07) is 17.8. The molecule has 0 aromatic heterocycles. The Hall–Kier alpha value is -1.60. The zero-order chi connectivity index (χ0) is 13.7. The van der Waals surface area contributed by atoms with Crippen LogP contribution in [0.15, 0.2) is 48.5 Å². The van der Waals surface area contributed by atoms with Gasteiger partial charge in [0.2, 0.25) is 0 Å². The van der Waals surface area contributed by atoms with Gasteiger partial charge < -0.3 is 5.32 Å². The zero-order valence-electron chi connectivity index (χ0n) is 12.1. The fraction of sp³-hybridized carbons (Fsp3) is 0.333. The van der Waals surface area contributed by atoms with Gasteiger partial charge in [-0.25, -0.2) is 0 Å². The highest BCUT2D eigenvalue weighted by atomic mass is 14.9. The molecule has 19 heavy (non-hydrogen) atoms. The SMILES string of the molecule is Cc1cccc(CNC(C)Cc2ccccc2C)c1. The van der Waals surface area contributed by atoms with E-state index in [-0.39, 0.29) is 0 Å². The standard InChI is InChI=1S/C18H23N/c1-14-7-6-9-17(11-14)13-19-16(3)12-18-10-5-4-8-15(18)2/h4-11,16,19H,12-13H2,1-3H3. The first-order valence-electron chi connectivity index (χ1n) is 6.98. The lowest BCUT2D eigenvalue weighted by atomic mass is 10.0. The summed E-state index contributed by atoms with van der Waals surface area (Å²) in [5.74, 6) is 0. The topological polar surface area (TPSA) is 12.0 Å². The largest absolute Gasteiger partial charge is 0.310 e. The monoisotopic (exact) mass is 253 g/mol. The molecule has 0 amide bonds. The minimum absolute atomic E-state index is 0.488. The Kier molecular flexibility index (Phi) is 4.75. The molecular weight excluding hydrogens is 230 g/mol. The van der Waals surface area contributed by atoms with Crippen molar-refractivity contribution in [3.63, 3.8) is 0 Å². The molecule has 0 aliphatic heterocycles. The van der Waals surface area contributed by atoms with E-state index < -0.39 is 0 Å². The molecule has 2 aromatic carbocycles. The Morgan fingerprint density at radius 2 is 1.79 bits per heavy atom. The zero-order valence-corrected chi connectivity index (χ0v) is 12.1. The first-order chi connectivity index (χ1) is 9.15. The van der Waals surface area contributed by atoms with Gasteiger partial charge in [0.1, 0.15) is 0 Å². The van der Waals surface area contributed by atoms with Crippen molar-refractivity contribution in [3.05, 3.63) is 70.8 Å². The molecule has 2 aromatic rings. The summed E-state index contributed by atoms with van der Waals surface area (Å²) >= 11 is 0. The number of hydrogen-bond donors (Lipinski definition) is 1. The van der Waals surface area contributed by atoms with Crippen molar-refractivity contribution in [3.8, 4) is 0 Å². The molecule has 0 bridgehead atoms. The molecule has 1 heteroatoms. The van der Waals surface area contributed by atoms with Gasteiger partial charge in [-0.15, -0.1) is 0 Å². The first kappa shape index (κ1) is 13.8. The first-order valence-corrected chi connectivity index (χ1v) is 6.98. The summed E-state index contributed by atoms with van der Waals surface area (Å²) in [6.45, 7) is 7.51. The van der Waals surface area contributed by atoms with Crippen LogP contribution in [0, 0.1) is 13.8 Å². The van der Waals surface area contributed by atoms with E-state index >= 15 is 0 Å². The summed E-state index contributed by atoms with van der Waals surface area (Å²) in [6.07, 6.45) is 1.08. The van der Waals surface area contributed by atoms with Gasteiger partial charge in [-0.2, -0.15) is 0 Å². The van der Waals surface area contributed by atoms with Gasteiger partial charge in [-0.1, -0.05) is 54.1 Å². The normalized spacial score (nSPS) is 12.4. The van der Waals surface area contributed by atoms with E-state index in [4.69, 9.17) is 0 Å². The molecule has 0 saturated carbocycles. The van der Waals surface area contributed by atoms with Gasteiger partial charge in [0.25, 0.3) is 0 Å². The lowest BCUT2D eigenvalue weighted by Crippen LogP contribution is -2.27. The molecule has 0 heterocycles. The number of aryl methyl sites for hydroxylation is 2. The second-order valence-corrected chi connectivity index (χ2v) is 5.40. The van der Waals surface area contributed by atoms with E-state index in [2.05, 4.69) is 74.6 Å². The molecule has 1 unspecified atom stereocenters. The molecule has 100 valence electrons. The third-order valence-electron chi connectivity index (χ3n) is 3.52. The lowest BCUT2D eigenvalue weighted by molar-refractivity contribution is 0.544. The Morgan fingerprint density at radius 3 is 2.53 bits per heavy atom. The van der Waals surface area contributed by atoms with Crippen LogP contribution < -0.4 is 5.32 Å². The van der Waals surface area contributed by atoms with Crippen molar-refractivity contribution in [1.82, 2.24) is 5.32 Å². The van der Waals surface area contributed by atoms with Crippen LogP contribution in [0.25, 0.3) is 0 Å². The van der Waals surface area contributed by atoms with Gasteiger partial charge in [0, 0.05) is 12.6 Å². The summed E-state index contributed by atoms with van der Waals surface area (Å²) < 4.78 is 0. The maximum Gasteiger partial charge on any atom is 0.0208 e. The second kappa shape index (κ2) is 6.53. The predicted octanol–water partition coefficient (Wildman–Crippen LogP) is 4.02. The Labute approximate surface area is 116 Å². The molecule has 0 fully saturated rings. The van der Waals surface area contributed by atoms with E-state index in [0.29, 0.717) is 6.04 Å². The molecular formula is C18H23N. The average molecular weight is 253 g/mol. The van der Waals surface area contributed by atoms with E-state index in [9.17, 15) is 0 Å². The Bertz CT molecular complexity index is 531. The number of hydrogen-bond acceptors (Lipinski definition) is 1. The van der Waals surface area contributed by atoms with E-state index in [0.717, 1.165) is 13.0 Å². The minimum atomic E-state index is 0.488. The van der Waals surface area contributed by atoms with Crippen molar-refractivity contribution in [1.29, 1.82) is 0 Å². The molecule has 0 radical (unpaired) electrons. The van der Waals surface area contributed by atoms with E-state index in [1.165, 1.54) is 22.3 Å². The van der Waals surface area contributed by atoms with E-state index in [1.807, 2.05) is 0 Å². The van der Waals surface area contributed by atoms with Crippen molar-refractivity contribution in [2.45, 2.75) is 39.8 Å². The predicted molar refractivity (Wildman–Crippen MR) is 82.4 cm³/mol. The van der Waals surface area contributed by atoms with Gasteiger partial charge in [-0.3, -0.25) is 0 Å². The highest BCUT2D eigenvalue weighted by Gasteiger charge is 2.05. The highest BCUT2D eigenvalue weighted by molar-refractivity contribution is 5.26. The summed E-state index contributed by atoms with van der Waals surface area (Å²) in [7, 11) is 0. The molecule has 0 spiro atoms. The summed E-state index contributed by atoms with van der Waals surface area (Å²) in [5.41, 5.74) is 5.50. The second-order valence-electron chi connectivity index (χ2n) is 5.40. The van der Waals surface area contributed by atoms with Crippen molar-refractivity contribution < 1.29 is 0 Å². The summed E-state index contributed by atoms with van der Waals surface area (Å²) in [5, 5.41) is 3.60. The smallest absolute Gasteiger partial charge is 0.0208 e. The van der Waals surface area contributed by atoms with Gasteiger partial charge >= 0.3 is 0 Å². The van der Waals surface area contributed by atoms with Crippen molar-refractivity contribution in [2.75, 3.05) is 0 Å². The van der Waals surface area contributed by atoms with Crippen LogP contribution in [0.1, 0.15) is 29.2 Å². The number of rotatable bonds is 5. The molecule has 1 atom stereocenters. The molecule has 1 N–H and O–H groups in total. The van der Waals surface area contributed by atoms with E-state index in [1.54, 1.807) is 0 Å². The minimum Gasteiger partial charge on any atom is -0.310 e. The van der Waals surface area contributed by atoms with Crippen LogP contribution in [-0.4, -0.2) is 6.04 Å². The van der Waals surface area contributed by atoms with Crippen LogP contribution in [0.5, 0.6) is 0 Å². The summed E-state index contributed by atoms with van der Waals surface area (Å²) in [4.78, 5) is 0. The fourth-order valence-corrected chi connectivity index (χ4v) is 2.36. The average Bonchev–Trinajstić information content (AvgIpc) is 2.39. The van der Waals surface area contributed by atoms with Crippen LogP contribution in [-0.2, 0) is 13.0 Å². The Morgan fingerprint density at radius 1 is 1.00 bits per heavy atom. The van der Waals surface area contributed by atoms with Crippen LogP contribution in [0.3, 0.4) is 0 Å². The maximum atomic E-state index is 3.60. The van der Waals surface area contributed by atoms with Crippen LogP contribution in [0.2, 0.25) is 0 Å². The third-order valence-corrected chi connectivity index (χ3v) is 3.52. The number of benzene rings is 2. The molecule has 2 rings (SSSR count). The molecule has 0 aliphatic carbocycles. The van der Waals surface area contributed by atoms with Gasteiger partial charge in [-0.05, 0) is 43.9 Å².